The Morgan fingerprint density at radius 3 is 2.54 bits per heavy atom. The van der Waals surface area contributed by atoms with E-state index in [1.165, 1.54) is 30.4 Å². The minimum atomic E-state index is -0.406. The standard InChI is InChI=1S/C19H15FN2O3S/c1-11(23)12-2-4-13(5-3-12)18(24)25-15-9-22(10-15)19-21-16-7-6-14(20)8-17(16)26-19/h2-8,15H,9-10H2,1H3. The normalized spacial score (nSPS) is 14.3. The first-order chi connectivity index (χ1) is 12.5. The Labute approximate surface area is 153 Å². The zero-order chi connectivity index (χ0) is 18.3. The van der Waals surface area contributed by atoms with Crippen molar-refractivity contribution in [1.29, 1.82) is 0 Å². The Morgan fingerprint density at radius 2 is 1.85 bits per heavy atom. The summed E-state index contributed by atoms with van der Waals surface area (Å²) in [5.41, 5.74) is 1.74. The van der Waals surface area contributed by atoms with Crippen molar-refractivity contribution in [2.45, 2.75) is 13.0 Å². The van der Waals surface area contributed by atoms with E-state index in [2.05, 4.69) is 4.98 Å². The molecule has 3 aromatic rings. The summed E-state index contributed by atoms with van der Waals surface area (Å²) in [7, 11) is 0. The van der Waals surface area contributed by atoms with Gasteiger partial charge in [0.05, 0.1) is 28.9 Å². The van der Waals surface area contributed by atoms with Crippen LogP contribution in [0.15, 0.2) is 42.5 Å². The molecule has 7 heteroatoms. The second kappa shape index (κ2) is 6.49. The lowest BCUT2D eigenvalue weighted by Crippen LogP contribution is -2.53. The van der Waals surface area contributed by atoms with Gasteiger partial charge in [0.2, 0.25) is 0 Å². The van der Waals surface area contributed by atoms with Crippen molar-refractivity contribution in [2.75, 3.05) is 18.0 Å². The molecule has 0 radical (unpaired) electrons. The third-order valence-electron chi connectivity index (χ3n) is 4.26. The number of ether oxygens (including phenoxy) is 1. The maximum Gasteiger partial charge on any atom is 0.338 e. The van der Waals surface area contributed by atoms with Crippen LogP contribution in [0.3, 0.4) is 0 Å². The number of rotatable bonds is 4. The first-order valence-electron chi connectivity index (χ1n) is 8.12. The number of benzene rings is 2. The molecule has 0 bridgehead atoms. The number of hydrogen-bond donors (Lipinski definition) is 0. The zero-order valence-corrected chi connectivity index (χ0v) is 14.8. The van der Waals surface area contributed by atoms with Crippen LogP contribution in [0.25, 0.3) is 10.2 Å². The van der Waals surface area contributed by atoms with Gasteiger partial charge in [-0.25, -0.2) is 14.2 Å². The van der Waals surface area contributed by atoms with Gasteiger partial charge >= 0.3 is 5.97 Å². The topological polar surface area (TPSA) is 59.5 Å². The Bertz CT molecular complexity index is 994. The summed E-state index contributed by atoms with van der Waals surface area (Å²) in [5.74, 6) is -0.731. The average molecular weight is 370 g/mol. The molecular formula is C19H15FN2O3S. The van der Waals surface area contributed by atoms with Crippen molar-refractivity contribution >= 4 is 38.4 Å². The lowest BCUT2D eigenvalue weighted by Gasteiger charge is -2.38. The van der Waals surface area contributed by atoms with E-state index in [-0.39, 0.29) is 17.7 Å². The number of halogens is 1. The highest BCUT2D eigenvalue weighted by Crippen LogP contribution is 2.32. The van der Waals surface area contributed by atoms with Gasteiger partial charge in [-0.05, 0) is 37.3 Å². The molecule has 0 aliphatic carbocycles. The fourth-order valence-corrected chi connectivity index (χ4v) is 3.76. The Kier molecular flexibility index (Phi) is 4.16. The number of ketones is 1. The van der Waals surface area contributed by atoms with Gasteiger partial charge in [-0.3, -0.25) is 4.79 Å². The molecule has 132 valence electrons. The van der Waals surface area contributed by atoms with Crippen molar-refractivity contribution in [3.05, 3.63) is 59.4 Å². The third kappa shape index (κ3) is 3.17. The Morgan fingerprint density at radius 1 is 1.15 bits per heavy atom. The summed E-state index contributed by atoms with van der Waals surface area (Å²) in [6.07, 6.45) is -0.210. The van der Waals surface area contributed by atoms with Crippen molar-refractivity contribution in [1.82, 2.24) is 4.98 Å². The number of esters is 1. The third-order valence-corrected chi connectivity index (χ3v) is 5.34. The zero-order valence-electron chi connectivity index (χ0n) is 13.9. The van der Waals surface area contributed by atoms with Crippen LogP contribution >= 0.6 is 11.3 Å². The van der Waals surface area contributed by atoms with Crippen LogP contribution in [0, 0.1) is 5.82 Å². The monoisotopic (exact) mass is 370 g/mol. The maximum absolute atomic E-state index is 13.3. The highest BCUT2D eigenvalue weighted by molar-refractivity contribution is 7.22. The predicted molar refractivity (Wildman–Crippen MR) is 97.4 cm³/mol. The van der Waals surface area contributed by atoms with Crippen LogP contribution in [0.2, 0.25) is 0 Å². The van der Waals surface area contributed by atoms with E-state index >= 15 is 0 Å². The maximum atomic E-state index is 13.3. The summed E-state index contributed by atoms with van der Waals surface area (Å²) in [4.78, 5) is 29.9. The summed E-state index contributed by atoms with van der Waals surface area (Å²) < 4.78 is 19.5. The molecule has 1 saturated heterocycles. The highest BCUT2D eigenvalue weighted by atomic mass is 32.1. The lowest BCUT2D eigenvalue weighted by atomic mass is 10.1. The molecule has 1 aliphatic rings. The second-order valence-electron chi connectivity index (χ2n) is 6.17. The number of nitrogens with zero attached hydrogens (tertiary/aromatic N) is 2. The van der Waals surface area contributed by atoms with Gasteiger partial charge in [0.15, 0.2) is 10.9 Å². The minimum Gasteiger partial charge on any atom is -0.455 e. The number of hydrogen-bond acceptors (Lipinski definition) is 6. The molecule has 2 heterocycles. The van der Waals surface area contributed by atoms with Crippen LogP contribution in [0.4, 0.5) is 9.52 Å². The first-order valence-corrected chi connectivity index (χ1v) is 8.94. The number of aromatic nitrogens is 1. The van der Waals surface area contributed by atoms with E-state index in [1.54, 1.807) is 30.3 Å². The van der Waals surface area contributed by atoms with Gasteiger partial charge < -0.3 is 9.64 Å². The molecule has 5 nitrogen and oxygen atoms in total. The molecule has 4 rings (SSSR count). The quantitative estimate of drug-likeness (QED) is 0.518. The molecule has 0 N–H and O–H groups in total. The van der Waals surface area contributed by atoms with Gasteiger partial charge in [0, 0.05) is 5.56 Å². The lowest BCUT2D eigenvalue weighted by molar-refractivity contribution is 0.0234. The van der Waals surface area contributed by atoms with E-state index in [1.807, 2.05) is 4.90 Å². The summed E-state index contributed by atoms with van der Waals surface area (Å²) in [5, 5.41) is 0.795. The number of thiazole rings is 1. The fraction of sp³-hybridized carbons (Fsp3) is 0.211. The van der Waals surface area contributed by atoms with Gasteiger partial charge in [0.25, 0.3) is 0 Å². The molecule has 1 fully saturated rings. The van der Waals surface area contributed by atoms with Crippen molar-refractivity contribution in [2.24, 2.45) is 0 Å². The first kappa shape index (κ1) is 16.7. The van der Waals surface area contributed by atoms with E-state index in [9.17, 15) is 14.0 Å². The number of Topliss-reactive ketones (excluding diaryl/α,β-unsaturated/α-hetero) is 1. The van der Waals surface area contributed by atoms with E-state index < -0.39 is 5.97 Å². The number of carbonyl (C=O) groups excluding carboxylic acids is 2. The Hall–Kier alpha value is -2.80. The van der Waals surface area contributed by atoms with Gasteiger partial charge in [-0.15, -0.1) is 0 Å². The van der Waals surface area contributed by atoms with Crippen molar-refractivity contribution < 1.29 is 18.7 Å². The van der Waals surface area contributed by atoms with E-state index in [0.29, 0.717) is 24.2 Å². The number of anilines is 1. The minimum absolute atomic E-state index is 0.0460. The van der Waals surface area contributed by atoms with Crippen LogP contribution < -0.4 is 4.90 Å². The molecule has 0 amide bonds. The summed E-state index contributed by atoms with van der Waals surface area (Å²) in [6.45, 7) is 2.59. The molecule has 0 unspecified atom stereocenters. The molecule has 0 spiro atoms. The molecule has 1 aromatic heterocycles. The van der Waals surface area contributed by atoms with Crippen molar-refractivity contribution in [3.8, 4) is 0 Å². The van der Waals surface area contributed by atoms with Crippen LogP contribution in [0.5, 0.6) is 0 Å². The van der Waals surface area contributed by atoms with Crippen LogP contribution in [-0.2, 0) is 4.74 Å². The average Bonchev–Trinajstić information content (AvgIpc) is 2.99. The van der Waals surface area contributed by atoms with Crippen LogP contribution in [0.1, 0.15) is 27.6 Å². The smallest absolute Gasteiger partial charge is 0.338 e. The summed E-state index contributed by atoms with van der Waals surface area (Å²) >= 11 is 1.42. The van der Waals surface area contributed by atoms with Gasteiger partial charge in [-0.1, -0.05) is 23.5 Å². The van der Waals surface area contributed by atoms with Crippen LogP contribution in [-0.4, -0.2) is 35.9 Å². The molecule has 26 heavy (non-hydrogen) atoms. The molecule has 0 saturated carbocycles. The van der Waals surface area contributed by atoms with E-state index in [0.717, 1.165) is 15.3 Å². The fourth-order valence-electron chi connectivity index (χ4n) is 2.75. The largest absolute Gasteiger partial charge is 0.455 e. The number of carbonyl (C=O) groups is 2. The number of fused-ring (bicyclic) bond motifs is 1. The molecular weight excluding hydrogens is 355 g/mol. The van der Waals surface area contributed by atoms with Gasteiger partial charge in [-0.2, -0.15) is 0 Å². The molecule has 0 atom stereocenters. The van der Waals surface area contributed by atoms with Gasteiger partial charge in [0.1, 0.15) is 11.9 Å². The summed E-state index contributed by atoms with van der Waals surface area (Å²) in [6, 6.07) is 10.9. The van der Waals surface area contributed by atoms with E-state index in [4.69, 9.17) is 4.74 Å². The predicted octanol–water partition coefficient (Wildman–Crippen LogP) is 3.68. The SMILES string of the molecule is CC(=O)c1ccc(C(=O)OC2CN(c3nc4ccc(F)cc4s3)C2)cc1. The highest BCUT2D eigenvalue weighted by Gasteiger charge is 2.32. The second-order valence-corrected chi connectivity index (χ2v) is 7.18. The molecule has 2 aromatic carbocycles. The Balaban J connectivity index is 1.36. The van der Waals surface area contributed by atoms with Crippen molar-refractivity contribution in [3.63, 3.8) is 0 Å². The molecule has 1 aliphatic heterocycles.